The van der Waals surface area contributed by atoms with Crippen LogP contribution < -0.4 is 5.32 Å². The van der Waals surface area contributed by atoms with Crippen LogP contribution in [0.3, 0.4) is 0 Å². The fourth-order valence-corrected chi connectivity index (χ4v) is 1.82. The molecule has 3 heteroatoms. The van der Waals surface area contributed by atoms with Gasteiger partial charge in [-0.25, -0.2) is 0 Å². The zero-order chi connectivity index (χ0) is 10.6. The monoisotopic (exact) mass is 199 g/mol. The molecule has 0 aromatic rings. The Balaban J connectivity index is 2.29. The summed E-state index contributed by atoms with van der Waals surface area (Å²) in [4.78, 5) is 11.5. The summed E-state index contributed by atoms with van der Waals surface area (Å²) in [7, 11) is 0. The molecule has 1 amide bonds. The lowest BCUT2D eigenvalue weighted by Gasteiger charge is -2.23. The van der Waals surface area contributed by atoms with E-state index in [0.29, 0.717) is 6.54 Å². The Labute approximate surface area is 85.9 Å². The summed E-state index contributed by atoms with van der Waals surface area (Å²) in [5.74, 6) is 0.118. The van der Waals surface area contributed by atoms with Crippen molar-refractivity contribution in [3.63, 3.8) is 0 Å². The van der Waals surface area contributed by atoms with Gasteiger partial charge in [0.25, 0.3) is 0 Å². The third kappa shape index (κ3) is 2.98. The van der Waals surface area contributed by atoms with E-state index >= 15 is 0 Å². The highest BCUT2D eigenvalue weighted by molar-refractivity contribution is 5.78. The van der Waals surface area contributed by atoms with Crippen LogP contribution in [0, 0.1) is 5.92 Å². The Morgan fingerprint density at radius 3 is 2.57 bits per heavy atom. The first-order valence-electron chi connectivity index (χ1n) is 5.57. The second kappa shape index (κ2) is 4.78. The first kappa shape index (κ1) is 11.5. The number of hydrogen-bond donors (Lipinski definition) is 2. The Morgan fingerprint density at radius 1 is 1.50 bits per heavy atom. The molecule has 0 radical (unpaired) electrons. The van der Waals surface area contributed by atoms with Crippen LogP contribution in [0.25, 0.3) is 0 Å². The average Bonchev–Trinajstić information content (AvgIpc) is 2.61. The molecule has 1 fully saturated rings. The topological polar surface area (TPSA) is 49.3 Å². The number of amides is 1. The van der Waals surface area contributed by atoms with Crippen molar-refractivity contribution in [1.82, 2.24) is 5.32 Å². The smallest absolute Gasteiger partial charge is 0.222 e. The van der Waals surface area contributed by atoms with E-state index in [9.17, 15) is 9.90 Å². The van der Waals surface area contributed by atoms with Gasteiger partial charge >= 0.3 is 0 Å². The molecule has 1 rings (SSSR count). The summed E-state index contributed by atoms with van der Waals surface area (Å²) in [6.45, 7) is 4.33. The van der Waals surface area contributed by atoms with Crippen LogP contribution >= 0.6 is 0 Å². The Kier molecular flexibility index (Phi) is 3.93. The molecule has 1 aliphatic rings. The fourth-order valence-electron chi connectivity index (χ4n) is 1.82. The number of aliphatic hydroxyl groups is 1. The van der Waals surface area contributed by atoms with Gasteiger partial charge in [0.1, 0.15) is 0 Å². The first-order chi connectivity index (χ1) is 6.57. The van der Waals surface area contributed by atoms with Gasteiger partial charge in [-0.15, -0.1) is 0 Å². The molecule has 0 bridgehead atoms. The van der Waals surface area contributed by atoms with Gasteiger partial charge < -0.3 is 10.4 Å². The molecule has 0 saturated heterocycles. The van der Waals surface area contributed by atoms with Crippen molar-refractivity contribution in [3.05, 3.63) is 0 Å². The predicted molar refractivity (Wildman–Crippen MR) is 55.9 cm³/mol. The van der Waals surface area contributed by atoms with Gasteiger partial charge in [0.2, 0.25) is 5.91 Å². The zero-order valence-corrected chi connectivity index (χ0v) is 9.18. The van der Waals surface area contributed by atoms with Gasteiger partial charge in [-0.05, 0) is 19.3 Å². The van der Waals surface area contributed by atoms with Crippen molar-refractivity contribution in [3.8, 4) is 0 Å². The summed E-state index contributed by atoms with van der Waals surface area (Å²) >= 11 is 0. The van der Waals surface area contributed by atoms with Crippen molar-refractivity contribution >= 4 is 5.91 Å². The molecule has 14 heavy (non-hydrogen) atoms. The number of nitrogens with one attached hydrogen (secondary N) is 1. The van der Waals surface area contributed by atoms with E-state index in [1.54, 1.807) is 0 Å². The van der Waals surface area contributed by atoms with Crippen molar-refractivity contribution in [2.75, 3.05) is 6.54 Å². The fraction of sp³-hybridized carbons (Fsp3) is 0.909. The zero-order valence-electron chi connectivity index (χ0n) is 9.18. The van der Waals surface area contributed by atoms with E-state index in [0.717, 1.165) is 32.1 Å². The molecular formula is C11H21NO2. The quantitative estimate of drug-likeness (QED) is 0.720. The van der Waals surface area contributed by atoms with Crippen LogP contribution in [0.4, 0.5) is 0 Å². The number of carbonyl (C=O) groups is 1. The minimum atomic E-state index is -0.622. The molecule has 1 saturated carbocycles. The van der Waals surface area contributed by atoms with Crippen LogP contribution in [0.2, 0.25) is 0 Å². The number of rotatable bonds is 4. The summed E-state index contributed by atoms with van der Waals surface area (Å²) < 4.78 is 0. The van der Waals surface area contributed by atoms with Gasteiger partial charge in [0, 0.05) is 12.5 Å². The molecule has 1 atom stereocenters. The highest BCUT2D eigenvalue weighted by Gasteiger charge is 2.31. The highest BCUT2D eigenvalue weighted by Crippen LogP contribution is 2.28. The molecule has 0 aromatic carbocycles. The Hall–Kier alpha value is -0.570. The van der Waals surface area contributed by atoms with Crippen LogP contribution in [0.15, 0.2) is 0 Å². The highest BCUT2D eigenvalue weighted by atomic mass is 16.3. The lowest BCUT2D eigenvalue weighted by Crippen LogP contribution is -2.42. The average molecular weight is 199 g/mol. The molecule has 3 nitrogen and oxygen atoms in total. The Morgan fingerprint density at radius 2 is 2.07 bits per heavy atom. The maximum Gasteiger partial charge on any atom is 0.222 e. The van der Waals surface area contributed by atoms with Gasteiger partial charge in [0.15, 0.2) is 0 Å². The van der Waals surface area contributed by atoms with Crippen molar-refractivity contribution in [2.45, 2.75) is 51.6 Å². The van der Waals surface area contributed by atoms with Crippen molar-refractivity contribution < 1.29 is 9.90 Å². The van der Waals surface area contributed by atoms with E-state index in [4.69, 9.17) is 0 Å². The summed E-state index contributed by atoms with van der Waals surface area (Å²) in [6, 6.07) is 0. The van der Waals surface area contributed by atoms with E-state index in [1.165, 1.54) is 0 Å². The largest absolute Gasteiger partial charge is 0.388 e. The third-order valence-corrected chi connectivity index (χ3v) is 3.19. The van der Waals surface area contributed by atoms with Gasteiger partial charge in [-0.2, -0.15) is 0 Å². The molecule has 1 unspecified atom stereocenters. The van der Waals surface area contributed by atoms with Gasteiger partial charge in [-0.1, -0.05) is 26.7 Å². The summed E-state index contributed by atoms with van der Waals surface area (Å²) in [5, 5.41) is 12.8. The molecule has 0 aliphatic heterocycles. The van der Waals surface area contributed by atoms with Crippen LogP contribution in [0.5, 0.6) is 0 Å². The van der Waals surface area contributed by atoms with E-state index in [1.807, 2.05) is 13.8 Å². The van der Waals surface area contributed by atoms with Crippen LogP contribution in [0.1, 0.15) is 46.0 Å². The molecular weight excluding hydrogens is 178 g/mol. The molecule has 1 aliphatic carbocycles. The molecule has 82 valence electrons. The minimum absolute atomic E-state index is 0.0556. The van der Waals surface area contributed by atoms with Gasteiger partial charge in [-0.3, -0.25) is 4.79 Å². The molecule has 0 spiro atoms. The van der Waals surface area contributed by atoms with Crippen molar-refractivity contribution in [1.29, 1.82) is 0 Å². The standard InChI is InChI=1S/C11H21NO2/c1-3-9(2)10(13)12-8-11(14)6-4-5-7-11/h9,14H,3-8H2,1-2H3,(H,12,13). The SMILES string of the molecule is CCC(C)C(=O)NCC1(O)CCCC1. The van der Waals surface area contributed by atoms with E-state index in [2.05, 4.69) is 5.32 Å². The maximum atomic E-state index is 11.5. The van der Waals surface area contributed by atoms with Gasteiger partial charge in [0.05, 0.1) is 5.60 Å². The molecule has 2 N–H and O–H groups in total. The Bertz CT molecular complexity index is 197. The lowest BCUT2D eigenvalue weighted by molar-refractivity contribution is -0.125. The summed E-state index contributed by atoms with van der Waals surface area (Å²) in [6.07, 6.45) is 4.66. The van der Waals surface area contributed by atoms with Crippen LogP contribution in [-0.2, 0) is 4.79 Å². The lowest BCUT2D eigenvalue weighted by atomic mass is 10.0. The number of hydrogen-bond acceptors (Lipinski definition) is 2. The van der Waals surface area contributed by atoms with Crippen molar-refractivity contribution in [2.24, 2.45) is 5.92 Å². The van der Waals surface area contributed by atoms with E-state index < -0.39 is 5.60 Å². The van der Waals surface area contributed by atoms with E-state index in [-0.39, 0.29) is 11.8 Å². The minimum Gasteiger partial charge on any atom is -0.388 e. The third-order valence-electron chi connectivity index (χ3n) is 3.19. The second-order valence-electron chi connectivity index (χ2n) is 4.46. The molecule has 0 aromatic heterocycles. The first-order valence-corrected chi connectivity index (χ1v) is 5.57. The summed E-state index contributed by atoms with van der Waals surface area (Å²) in [5.41, 5.74) is -0.622. The predicted octanol–water partition coefficient (Wildman–Crippen LogP) is 1.45. The number of carbonyl (C=O) groups excluding carboxylic acids is 1. The van der Waals surface area contributed by atoms with Crippen LogP contribution in [-0.4, -0.2) is 23.2 Å². The maximum absolute atomic E-state index is 11.5. The molecule has 0 heterocycles. The second-order valence-corrected chi connectivity index (χ2v) is 4.46. The normalized spacial score (nSPS) is 21.9.